The maximum atomic E-state index is 6.06. The van der Waals surface area contributed by atoms with Gasteiger partial charge in [0.2, 0.25) is 5.88 Å². The normalized spacial score (nSPS) is 18.0. The van der Waals surface area contributed by atoms with Gasteiger partial charge < -0.3 is 20.5 Å². The number of hydrogen-bond donors (Lipinski definition) is 2. The van der Waals surface area contributed by atoms with Crippen LogP contribution in [0, 0.1) is 0 Å². The topological polar surface area (TPSA) is 82.3 Å². The van der Waals surface area contributed by atoms with E-state index in [0.717, 1.165) is 32.5 Å². The van der Waals surface area contributed by atoms with Gasteiger partial charge in [-0.3, -0.25) is 0 Å². The van der Waals surface area contributed by atoms with Crippen LogP contribution in [-0.2, 0) is 4.74 Å². The average Bonchev–Trinajstić information content (AvgIpc) is 2.40. The van der Waals surface area contributed by atoms with Crippen LogP contribution in [0.15, 0.2) is 6.33 Å². The summed E-state index contributed by atoms with van der Waals surface area (Å²) in [6.07, 6.45) is 4.26. The molecule has 6 heteroatoms. The molecule has 1 fully saturated rings. The summed E-state index contributed by atoms with van der Waals surface area (Å²) < 4.78 is 10.9. The number of nitrogens with two attached hydrogens (primary N) is 1. The Hall–Kier alpha value is -1.56. The molecule has 0 amide bonds. The van der Waals surface area contributed by atoms with Crippen molar-refractivity contribution in [3.05, 3.63) is 6.33 Å². The lowest BCUT2D eigenvalue weighted by molar-refractivity contribution is 0.0657. The molecule has 0 unspecified atom stereocenters. The molecule has 1 aliphatic rings. The average molecular weight is 266 g/mol. The molecule has 1 saturated heterocycles. The van der Waals surface area contributed by atoms with Gasteiger partial charge in [0, 0.05) is 18.8 Å². The van der Waals surface area contributed by atoms with Crippen LogP contribution in [-0.4, -0.2) is 35.3 Å². The summed E-state index contributed by atoms with van der Waals surface area (Å²) in [5.74, 6) is 1.10. The fourth-order valence-electron chi connectivity index (χ4n) is 2.03. The fourth-order valence-corrected chi connectivity index (χ4v) is 2.03. The molecular formula is C13H22N4O2. The van der Waals surface area contributed by atoms with Crippen molar-refractivity contribution in [3.63, 3.8) is 0 Å². The maximum Gasteiger partial charge on any atom is 0.242 e. The first-order valence-electron chi connectivity index (χ1n) is 6.74. The predicted octanol–water partition coefficient (Wildman–Crippen LogP) is 1.83. The standard InChI is InChI=1S/C13H22N4O2/c1-3-6-19-12-10(14)11(15-9-16-12)17-13(2)4-7-18-8-5-13/h9H,3-8,14H2,1-2H3,(H,15,16,17). The third kappa shape index (κ3) is 3.47. The van der Waals surface area contributed by atoms with E-state index in [9.17, 15) is 0 Å². The molecule has 0 atom stereocenters. The Morgan fingerprint density at radius 3 is 2.84 bits per heavy atom. The molecule has 3 N–H and O–H groups in total. The summed E-state index contributed by atoms with van der Waals surface area (Å²) in [4.78, 5) is 8.29. The number of nitrogen functional groups attached to an aromatic ring is 1. The van der Waals surface area contributed by atoms with E-state index in [1.54, 1.807) is 0 Å². The molecule has 1 aliphatic heterocycles. The number of ether oxygens (including phenoxy) is 2. The van der Waals surface area contributed by atoms with Crippen molar-refractivity contribution in [3.8, 4) is 5.88 Å². The lowest BCUT2D eigenvalue weighted by Crippen LogP contribution is -2.41. The zero-order valence-corrected chi connectivity index (χ0v) is 11.6. The zero-order chi connectivity index (χ0) is 13.7. The molecule has 0 radical (unpaired) electrons. The van der Waals surface area contributed by atoms with Crippen LogP contribution >= 0.6 is 0 Å². The molecular weight excluding hydrogens is 244 g/mol. The summed E-state index contributed by atoms with van der Waals surface area (Å²) >= 11 is 0. The Kier molecular flexibility index (Phi) is 4.42. The van der Waals surface area contributed by atoms with E-state index in [-0.39, 0.29) is 5.54 Å². The van der Waals surface area contributed by atoms with Gasteiger partial charge in [-0.1, -0.05) is 6.92 Å². The Morgan fingerprint density at radius 2 is 2.16 bits per heavy atom. The van der Waals surface area contributed by atoms with E-state index >= 15 is 0 Å². The number of nitrogens with one attached hydrogen (secondary N) is 1. The quantitative estimate of drug-likeness (QED) is 0.846. The van der Waals surface area contributed by atoms with E-state index in [0.29, 0.717) is 24.0 Å². The first-order chi connectivity index (χ1) is 9.14. The number of nitrogens with zero attached hydrogens (tertiary/aromatic N) is 2. The van der Waals surface area contributed by atoms with E-state index in [1.807, 2.05) is 6.92 Å². The molecule has 0 aliphatic carbocycles. The number of rotatable bonds is 5. The van der Waals surface area contributed by atoms with Gasteiger partial charge in [0.25, 0.3) is 0 Å². The Labute approximate surface area is 113 Å². The first kappa shape index (κ1) is 13.9. The second kappa shape index (κ2) is 6.06. The van der Waals surface area contributed by atoms with Gasteiger partial charge in [-0.15, -0.1) is 0 Å². The van der Waals surface area contributed by atoms with Crippen molar-refractivity contribution < 1.29 is 9.47 Å². The molecule has 0 spiro atoms. The molecule has 0 bridgehead atoms. The molecule has 1 aromatic heterocycles. The highest BCUT2D eigenvalue weighted by Crippen LogP contribution is 2.30. The number of hydrogen-bond acceptors (Lipinski definition) is 6. The van der Waals surface area contributed by atoms with Crippen molar-refractivity contribution in [1.29, 1.82) is 0 Å². The highest BCUT2D eigenvalue weighted by molar-refractivity contribution is 5.67. The molecule has 6 nitrogen and oxygen atoms in total. The number of aromatic nitrogens is 2. The lowest BCUT2D eigenvalue weighted by atomic mass is 9.92. The molecule has 1 aromatic rings. The van der Waals surface area contributed by atoms with Crippen LogP contribution in [0.3, 0.4) is 0 Å². The SMILES string of the molecule is CCCOc1ncnc(NC2(C)CCOCC2)c1N. The largest absolute Gasteiger partial charge is 0.476 e. The van der Waals surface area contributed by atoms with Crippen LogP contribution in [0.5, 0.6) is 5.88 Å². The van der Waals surface area contributed by atoms with E-state index in [4.69, 9.17) is 15.2 Å². The van der Waals surface area contributed by atoms with E-state index in [2.05, 4.69) is 22.2 Å². The molecule has 0 saturated carbocycles. The summed E-state index contributed by atoms with van der Waals surface area (Å²) in [5.41, 5.74) is 6.49. The van der Waals surface area contributed by atoms with Crippen LogP contribution in [0.1, 0.15) is 33.1 Å². The molecule has 0 aromatic carbocycles. The predicted molar refractivity (Wildman–Crippen MR) is 74.3 cm³/mol. The minimum absolute atomic E-state index is 0.0389. The van der Waals surface area contributed by atoms with Crippen molar-refractivity contribution in [1.82, 2.24) is 9.97 Å². The lowest BCUT2D eigenvalue weighted by Gasteiger charge is -2.35. The Bertz CT molecular complexity index is 419. The fraction of sp³-hybridized carbons (Fsp3) is 0.692. The second-order valence-corrected chi connectivity index (χ2v) is 5.09. The molecule has 2 heterocycles. The second-order valence-electron chi connectivity index (χ2n) is 5.09. The highest BCUT2D eigenvalue weighted by atomic mass is 16.5. The zero-order valence-electron chi connectivity index (χ0n) is 11.6. The summed E-state index contributed by atoms with van der Waals surface area (Å²) in [5, 5.41) is 3.41. The van der Waals surface area contributed by atoms with Crippen LogP contribution in [0.25, 0.3) is 0 Å². The van der Waals surface area contributed by atoms with Gasteiger partial charge in [0.15, 0.2) is 5.82 Å². The smallest absolute Gasteiger partial charge is 0.242 e. The first-order valence-corrected chi connectivity index (χ1v) is 6.74. The number of anilines is 2. The van der Waals surface area contributed by atoms with Gasteiger partial charge in [-0.05, 0) is 26.2 Å². The Balaban J connectivity index is 2.11. The van der Waals surface area contributed by atoms with E-state index < -0.39 is 0 Å². The van der Waals surface area contributed by atoms with Gasteiger partial charge in [-0.25, -0.2) is 4.98 Å². The molecule has 19 heavy (non-hydrogen) atoms. The van der Waals surface area contributed by atoms with Crippen LogP contribution in [0.2, 0.25) is 0 Å². The van der Waals surface area contributed by atoms with Gasteiger partial charge >= 0.3 is 0 Å². The summed E-state index contributed by atoms with van der Waals surface area (Å²) in [7, 11) is 0. The van der Waals surface area contributed by atoms with Crippen molar-refractivity contribution in [2.24, 2.45) is 0 Å². The van der Waals surface area contributed by atoms with Crippen LogP contribution < -0.4 is 15.8 Å². The summed E-state index contributed by atoms with van der Waals surface area (Å²) in [6, 6.07) is 0. The van der Waals surface area contributed by atoms with Gasteiger partial charge in [0.05, 0.1) is 6.61 Å². The van der Waals surface area contributed by atoms with Crippen molar-refractivity contribution in [2.75, 3.05) is 30.9 Å². The molecule has 2 rings (SSSR count). The van der Waals surface area contributed by atoms with Crippen molar-refractivity contribution >= 4 is 11.5 Å². The molecule has 106 valence electrons. The van der Waals surface area contributed by atoms with E-state index in [1.165, 1.54) is 6.33 Å². The Morgan fingerprint density at radius 1 is 1.42 bits per heavy atom. The monoisotopic (exact) mass is 266 g/mol. The third-order valence-corrected chi connectivity index (χ3v) is 3.31. The van der Waals surface area contributed by atoms with Gasteiger partial charge in [0.1, 0.15) is 12.0 Å². The van der Waals surface area contributed by atoms with Crippen LogP contribution in [0.4, 0.5) is 11.5 Å². The van der Waals surface area contributed by atoms with Crippen molar-refractivity contribution in [2.45, 2.75) is 38.6 Å². The highest BCUT2D eigenvalue weighted by Gasteiger charge is 2.28. The third-order valence-electron chi connectivity index (χ3n) is 3.31. The summed E-state index contributed by atoms with van der Waals surface area (Å²) in [6.45, 7) is 6.32. The maximum absolute atomic E-state index is 6.06. The minimum Gasteiger partial charge on any atom is -0.476 e. The van der Waals surface area contributed by atoms with Gasteiger partial charge in [-0.2, -0.15) is 4.98 Å². The minimum atomic E-state index is -0.0389.